The number of carbonyl (C=O) groups is 1. The first-order valence-electron chi connectivity index (χ1n) is 6.34. The van der Waals surface area contributed by atoms with Gasteiger partial charge in [-0.3, -0.25) is 10.3 Å². The summed E-state index contributed by atoms with van der Waals surface area (Å²) in [6.07, 6.45) is 2.44. The van der Waals surface area contributed by atoms with Gasteiger partial charge >= 0.3 is 6.03 Å². The van der Waals surface area contributed by atoms with E-state index in [1.807, 2.05) is 18.2 Å². The Morgan fingerprint density at radius 1 is 1.35 bits per heavy atom. The highest BCUT2D eigenvalue weighted by Crippen LogP contribution is 2.31. The highest BCUT2D eigenvalue weighted by atomic mass is 79.9. The molecular weight excluding hydrogens is 388 g/mol. The number of rotatable bonds is 3. The minimum Gasteiger partial charge on any atom is -0.341 e. The first kappa shape index (κ1) is 15.3. The van der Waals surface area contributed by atoms with E-state index in [-0.39, 0.29) is 6.03 Å². The van der Waals surface area contributed by atoms with Gasteiger partial charge in [0, 0.05) is 22.5 Å². The van der Waals surface area contributed by atoms with Gasteiger partial charge < -0.3 is 10.6 Å². The molecule has 0 spiro atoms. The molecule has 1 aromatic carbocycles. The largest absolute Gasteiger partial charge is 0.341 e. The normalized spacial score (nSPS) is 14.8. The molecule has 1 saturated carbocycles. The molecule has 108 valence electrons. The van der Waals surface area contributed by atoms with Crippen molar-refractivity contribution < 1.29 is 4.79 Å². The first-order valence-corrected chi connectivity index (χ1v) is 7.93. The average molecular weight is 404 g/mol. The van der Waals surface area contributed by atoms with Gasteiger partial charge in [-0.2, -0.15) is 0 Å². The maximum atomic E-state index is 11.5. The van der Waals surface area contributed by atoms with Crippen molar-refractivity contribution in [2.75, 3.05) is 18.9 Å². The maximum Gasteiger partial charge on any atom is 0.321 e. The fourth-order valence-electron chi connectivity index (χ4n) is 1.54. The van der Waals surface area contributed by atoms with Gasteiger partial charge in [0.25, 0.3) is 0 Å². The number of hydrogen-bond donors (Lipinski definition) is 3. The number of carbonyl (C=O) groups excluding carboxylic acids is 1. The van der Waals surface area contributed by atoms with E-state index in [1.165, 1.54) is 12.8 Å². The van der Waals surface area contributed by atoms with Gasteiger partial charge in [-0.05, 0) is 62.8 Å². The number of nitrogens with one attached hydrogen (secondary N) is 3. The predicted octanol–water partition coefficient (Wildman–Crippen LogP) is 3.32. The fraction of sp³-hybridized carbons (Fsp3) is 0.385. The van der Waals surface area contributed by atoms with E-state index in [2.05, 4.69) is 52.8 Å². The van der Waals surface area contributed by atoms with E-state index >= 15 is 0 Å². The van der Waals surface area contributed by atoms with Gasteiger partial charge in [0.15, 0.2) is 0 Å². The molecule has 7 heteroatoms. The van der Waals surface area contributed by atoms with Gasteiger partial charge in [-0.25, -0.2) is 4.79 Å². The zero-order valence-electron chi connectivity index (χ0n) is 11.0. The zero-order chi connectivity index (χ0) is 14.5. The highest BCUT2D eigenvalue weighted by Gasteiger charge is 2.21. The molecule has 1 aliphatic carbocycles. The third kappa shape index (κ3) is 4.49. The van der Waals surface area contributed by atoms with Crippen LogP contribution in [0.4, 0.5) is 10.5 Å². The van der Waals surface area contributed by atoms with Gasteiger partial charge in [-0.15, -0.1) is 0 Å². The number of hydrogen-bond acceptors (Lipinski definition) is 2. The predicted molar refractivity (Wildman–Crippen MR) is 88.1 cm³/mol. The number of benzene rings is 1. The van der Waals surface area contributed by atoms with Crippen molar-refractivity contribution in [3.05, 3.63) is 27.1 Å². The summed E-state index contributed by atoms with van der Waals surface area (Å²) in [4.78, 5) is 15.9. The van der Waals surface area contributed by atoms with Crippen LogP contribution in [0.5, 0.6) is 0 Å². The van der Waals surface area contributed by atoms with E-state index in [0.717, 1.165) is 21.2 Å². The van der Waals surface area contributed by atoms with Crippen LogP contribution in [0.3, 0.4) is 0 Å². The Balaban J connectivity index is 2.13. The van der Waals surface area contributed by atoms with E-state index in [4.69, 9.17) is 0 Å². The lowest BCUT2D eigenvalue weighted by Gasteiger charge is -2.14. The number of para-hydroxylation sites is 1. The van der Waals surface area contributed by atoms with E-state index in [9.17, 15) is 4.79 Å². The molecule has 0 aromatic heterocycles. The quantitative estimate of drug-likeness (QED) is 0.535. The van der Waals surface area contributed by atoms with Crippen molar-refractivity contribution >= 4 is 49.5 Å². The number of anilines is 1. The van der Waals surface area contributed by atoms with Crippen LogP contribution in [0.1, 0.15) is 12.8 Å². The number of aliphatic imine (C=N–C) groups is 1. The van der Waals surface area contributed by atoms with Crippen LogP contribution in [-0.2, 0) is 0 Å². The summed E-state index contributed by atoms with van der Waals surface area (Å²) in [5, 5.41) is 8.37. The van der Waals surface area contributed by atoms with Crippen LogP contribution in [0.25, 0.3) is 0 Å². The summed E-state index contributed by atoms with van der Waals surface area (Å²) in [5.74, 6) is 1.10. The molecule has 1 aromatic rings. The van der Waals surface area contributed by atoms with Gasteiger partial charge in [0.2, 0.25) is 5.96 Å². The van der Waals surface area contributed by atoms with Crippen LogP contribution < -0.4 is 16.0 Å². The van der Waals surface area contributed by atoms with Crippen LogP contribution in [-0.4, -0.2) is 25.6 Å². The van der Waals surface area contributed by atoms with Crippen molar-refractivity contribution in [1.82, 2.24) is 10.6 Å². The van der Waals surface area contributed by atoms with E-state index in [0.29, 0.717) is 11.9 Å². The maximum absolute atomic E-state index is 11.5. The molecule has 0 bridgehead atoms. The lowest BCUT2D eigenvalue weighted by atomic mass is 10.3. The molecule has 0 atom stereocenters. The lowest BCUT2D eigenvalue weighted by Crippen LogP contribution is -2.41. The summed E-state index contributed by atoms with van der Waals surface area (Å²) in [5.41, 5.74) is 0.832. The molecule has 3 N–H and O–H groups in total. The average Bonchev–Trinajstić information content (AvgIpc) is 3.24. The molecular formula is C13H16Br2N4O. The van der Waals surface area contributed by atoms with Crippen molar-refractivity contribution in [1.29, 1.82) is 0 Å². The van der Waals surface area contributed by atoms with Crippen molar-refractivity contribution in [2.45, 2.75) is 12.8 Å². The highest BCUT2D eigenvalue weighted by molar-refractivity contribution is 9.11. The Morgan fingerprint density at radius 3 is 2.55 bits per heavy atom. The third-order valence-electron chi connectivity index (χ3n) is 2.87. The number of amides is 2. The topological polar surface area (TPSA) is 65.5 Å². The molecule has 0 radical (unpaired) electrons. The van der Waals surface area contributed by atoms with Crippen molar-refractivity contribution in [3.8, 4) is 0 Å². The standard InChI is InChI=1S/C13H16Br2N4O/c1-16-13(20)19-12(17-7-8-5-6-8)18-11-9(14)3-2-4-10(11)15/h2-4,8H,5-7H2,1H3,(H3,16,17,18,19,20). The second kappa shape index (κ2) is 7.08. The third-order valence-corrected chi connectivity index (χ3v) is 4.19. The molecule has 0 aliphatic heterocycles. The fourth-order valence-corrected chi connectivity index (χ4v) is 2.73. The minimum absolute atomic E-state index is 0.296. The van der Waals surface area contributed by atoms with Crippen LogP contribution in [0.15, 0.2) is 32.1 Å². The number of halogens is 2. The SMILES string of the molecule is CNC(=O)NC(=NCC1CC1)Nc1c(Br)cccc1Br. The van der Waals surface area contributed by atoms with Crippen LogP contribution >= 0.6 is 31.9 Å². The minimum atomic E-state index is -0.296. The van der Waals surface area contributed by atoms with E-state index < -0.39 is 0 Å². The van der Waals surface area contributed by atoms with Crippen LogP contribution in [0, 0.1) is 5.92 Å². The summed E-state index contributed by atoms with van der Waals surface area (Å²) >= 11 is 6.95. The Hall–Kier alpha value is -1.08. The summed E-state index contributed by atoms with van der Waals surface area (Å²) in [6.45, 7) is 0.731. The zero-order valence-corrected chi connectivity index (χ0v) is 14.2. The second-order valence-corrected chi connectivity index (χ2v) is 6.27. The molecule has 0 heterocycles. The first-order chi connectivity index (χ1) is 9.60. The number of nitrogens with zero attached hydrogens (tertiary/aromatic N) is 1. The Kier molecular flexibility index (Phi) is 5.42. The van der Waals surface area contributed by atoms with Crippen molar-refractivity contribution in [2.24, 2.45) is 10.9 Å². The number of guanidine groups is 1. The Bertz CT molecular complexity index is 509. The van der Waals surface area contributed by atoms with E-state index in [1.54, 1.807) is 7.05 Å². The van der Waals surface area contributed by atoms with Gasteiger partial charge in [0.05, 0.1) is 5.69 Å². The smallest absolute Gasteiger partial charge is 0.321 e. The van der Waals surface area contributed by atoms with Crippen LogP contribution in [0.2, 0.25) is 0 Å². The van der Waals surface area contributed by atoms with Gasteiger partial charge in [-0.1, -0.05) is 6.07 Å². The van der Waals surface area contributed by atoms with Gasteiger partial charge in [0.1, 0.15) is 0 Å². The molecule has 5 nitrogen and oxygen atoms in total. The molecule has 0 saturated heterocycles. The second-order valence-electron chi connectivity index (χ2n) is 4.56. The van der Waals surface area contributed by atoms with Crippen molar-refractivity contribution in [3.63, 3.8) is 0 Å². The Morgan fingerprint density at radius 2 is 2.00 bits per heavy atom. The Labute approximate surface area is 134 Å². The molecule has 1 aliphatic rings. The summed E-state index contributed by atoms with van der Waals surface area (Å²) in [6, 6.07) is 5.47. The molecule has 0 unspecified atom stereocenters. The summed E-state index contributed by atoms with van der Waals surface area (Å²) in [7, 11) is 1.57. The molecule has 2 amide bonds. The number of urea groups is 1. The monoisotopic (exact) mass is 402 g/mol. The lowest BCUT2D eigenvalue weighted by molar-refractivity contribution is 0.247. The molecule has 1 fully saturated rings. The molecule has 2 rings (SSSR count). The molecule has 20 heavy (non-hydrogen) atoms. The summed E-state index contributed by atoms with van der Waals surface area (Å²) < 4.78 is 1.79.